The largest absolute Gasteiger partial charge is 0.496 e. The second-order valence-corrected chi connectivity index (χ2v) is 6.93. The number of ether oxygens (including phenoxy) is 1. The quantitative estimate of drug-likeness (QED) is 0.796. The summed E-state index contributed by atoms with van der Waals surface area (Å²) in [6.07, 6.45) is 3.31. The highest BCUT2D eigenvalue weighted by molar-refractivity contribution is 6.62. The van der Waals surface area contributed by atoms with Gasteiger partial charge in [-0.15, -0.1) is 0 Å². The van der Waals surface area contributed by atoms with Crippen molar-refractivity contribution in [2.75, 3.05) is 0 Å². The molecule has 0 unspecified atom stereocenters. The van der Waals surface area contributed by atoms with Crippen molar-refractivity contribution in [1.82, 2.24) is 9.97 Å². The Hall–Kier alpha value is -2.43. The number of hydrogen-bond donors (Lipinski definition) is 0. The molecule has 0 saturated carbocycles. The van der Waals surface area contributed by atoms with E-state index in [9.17, 15) is 5.26 Å². The van der Waals surface area contributed by atoms with Crippen molar-refractivity contribution in [2.24, 2.45) is 0 Å². The predicted molar refractivity (Wildman–Crippen MR) is 93.2 cm³/mol. The fraction of sp³-hybridized carbons (Fsp3) is 0.389. The van der Waals surface area contributed by atoms with Crippen LogP contribution in [0.3, 0.4) is 0 Å². The lowest BCUT2D eigenvalue weighted by Crippen LogP contribution is -2.41. The van der Waals surface area contributed by atoms with Crippen LogP contribution < -0.4 is 10.2 Å². The second kappa shape index (κ2) is 6.47. The van der Waals surface area contributed by atoms with Crippen molar-refractivity contribution in [3.63, 3.8) is 0 Å². The molecule has 0 aliphatic carbocycles. The summed E-state index contributed by atoms with van der Waals surface area (Å²) in [5.41, 5.74) is 0.906. The summed E-state index contributed by atoms with van der Waals surface area (Å²) in [4.78, 5) is 8.46. The van der Waals surface area contributed by atoms with Gasteiger partial charge in [-0.3, -0.25) is 4.98 Å². The lowest BCUT2D eigenvalue weighted by Gasteiger charge is -2.32. The Bertz CT molecular complexity index is 787. The van der Waals surface area contributed by atoms with E-state index in [1.165, 1.54) is 0 Å². The van der Waals surface area contributed by atoms with E-state index >= 15 is 0 Å². The fourth-order valence-electron chi connectivity index (χ4n) is 2.40. The molecule has 0 radical (unpaired) electrons. The number of pyridine rings is 2. The van der Waals surface area contributed by atoms with Gasteiger partial charge in [0.15, 0.2) is 0 Å². The molecule has 0 N–H and O–H groups in total. The highest BCUT2D eigenvalue weighted by Crippen LogP contribution is 2.36. The van der Waals surface area contributed by atoms with Crippen molar-refractivity contribution in [2.45, 2.75) is 45.5 Å². The Morgan fingerprint density at radius 3 is 2.48 bits per heavy atom. The molecule has 0 bridgehead atoms. The zero-order valence-corrected chi connectivity index (χ0v) is 14.8. The van der Waals surface area contributed by atoms with Gasteiger partial charge in [-0.25, -0.2) is 4.98 Å². The molecule has 2 aromatic rings. The topological polar surface area (TPSA) is 77.3 Å². The lowest BCUT2D eigenvalue weighted by molar-refractivity contribution is 0.00578. The van der Waals surface area contributed by atoms with Gasteiger partial charge in [0.25, 0.3) is 0 Å². The van der Waals surface area contributed by atoms with Crippen molar-refractivity contribution < 1.29 is 14.0 Å². The molecule has 1 aliphatic rings. The molecule has 25 heavy (non-hydrogen) atoms. The molecular formula is C18H20BN3O3. The molecule has 1 aliphatic heterocycles. The smallest absolute Gasteiger partial charge is 0.470 e. The maximum Gasteiger partial charge on any atom is 0.496 e. The SMILES string of the molecule is CC1(C)OB(c2cnc(OCc3ccccn3)c(C#N)c2)OC1(C)C. The van der Waals surface area contributed by atoms with E-state index in [1.807, 2.05) is 45.9 Å². The molecule has 0 aromatic carbocycles. The molecule has 128 valence electrons. The highest BCUT2D eigenvalue weighted by atomic mass is 16.7. The number of aromatic nitrogens is 2. The average molecular weight is 337 g/mol. The Balaban J connectivity index is 1.78. The Kier molecular flexibility index (Phi) is 4.50. The molecule has 3 rings (SSSR count). The molecule has 2 aromatic heterocycles. The minimum atomic E-state index is -0.561. The van der Waals surface area contributed by atoms with E-state index in [0.717, 1.165) is 5.69 Å². The van der Waals surface area contributed by atoms with Gasteiger partial charge >= 0.3 is 7.12 Å². The third-order valence-electron chi connectivity index (χ3n) is 4.60. The molecule has 0 spiro atoms. The second-order valence-electron chi connectivity index (χ2n) is 6.93. The lowest BCUT2D eigenvalue weighted by atomic mass is 9.80. The monoisotopic (exact) mass is 337 g/mol. The first kappa shape index (κ1) is 17.4. The summed E-state index contributed by atoms with van der Waals surface area (Å²) in [7, 11) is -0.561. The number of nitrogens with zero attached hydrogens (tertiary/aromatic N) is 3. The summed E-state index contributed by atoms with van der Waals surface area (Å²) in [5.74, 6) is 0.272. The Morgan fingerprint density at radius 1 is 1.16 bits per heavy atom. The molecule has 1 saturated heterocycles. The third-order valence-corrected chi connectivity index (χ3v) is 4.60. The van der Waals surface area contributed by atoms with E-state index in [0.29, 0.717) is 11.0 Å². The van der Waals surface area contributed by atoms with Crippen LogP contribution in [0.25, 0.3) is 0 Å². The molecule has 1 fully saturated rings. The van der Waals surface area contributed by atoms with Gasteiger partial charge in [0.05, 0.1) is 16.9 Å². The summed E-state index contributed by atoms with van der Waals surface area (Å²) < 4.78 is 17.6. The van der Waals surface area contributed by atoms with Gasteiger partial charge in [0.1, 0.15) is 18.2 Å². The van der Waals surface area contributed by atoms with E-state index < -0.39 is 18.3 Å². The van der Waals surface area contributed by atoms with Crippen molar-refractivity contribution >= 4 is 12.6 Å². The average Bonchev–Trinajstić information content (AvgIpc) is 2.81. The van der Waals surface area contributed by atoms with Crippen LogP contribution in [0.15, 0.2) is 36.7 Å². The first-order chi connectivity index (χ1) is 11.8. The van der Waals surface area contributed by atoms with Crippen LogP contribution in [0.5, 0.6) is 5.88 Å². The Labute approximate surface area is 147 Å². The summed E-state index contributed by atoms with van der Waals surface area (Å²) in [6, 6.07) is 9.38. The van der Waals surface area contributed by atoms with Crippen LogP contribution in [0, 0.1) is 11.3 Å². The van der Waals surface area contributed by atoms with Crippen molar-refractivity contribution in [3.8, 4) is 11.9 Å². The van der Waals surface area contributed by atoms with Gasteiger partial charge in [0.2, 0.25) is 5.88 Å². The summed E-state index contributed by atoms with van der Waals surface area (Å²) in [5, 5.41) is 9.42. The summed E-state index contributed by atoms with van der Waals surface area (Å²) in [6.45, 7) is 8.18. The highest BCUT2D eigenvalue weighted by Gasteiger charge is 2.51. The molecule has 0 amide bonds. The maximum atomic E-state index is 9.42. The number of rotatable bonds is 4. The fourth-order valence-corrected chi connectivity index (χ4v) is 2.40. The van der Waals surface area contributed by atoms with Gasteiger partial charge in [0, 0.05) is 17.9 Å². The van der Waals surface area contributed by atoms with Crippen molar-refractivity contribution in [3.05, 3.63) is 47.9 Å². The van der Waals surface area contributed by atoms with Crippen molar-refractivity contribution in [1.29, 1.82) is 5.26 Å². The van der Waals surface area contributed by atoms with Crippen LogP contribution in [-0.2, 0) is 15.9 Å². The van der Waals surface area contributed by atoms with E-state index in [1.54, 1.807) is 18.5 Å². The molecule has 3 heterocycles. The zero-order chi connectivity index (χ0) is 18.1. The normalized spacial score (nSPS) is 18.0. The van der Waals surface area contributed by atoms with E-state index in [2.05, 4.69) is 16.0 Å². The first-order valence-corrected chi connectivity index (χ1v) is 8.11. The van der Waals surface area contributed by atoms with Gasteiger partial charge in [-0.2, -0.15) is 5.26 Å². The maximum absolute atomic E-state index is 9.42. The van der Waals surface area contributed by atoms with Gasteiger partial charge in [-0.05, 0) is 45.9 Å². The standard InChI is InChI=1S/C18H20BN3O3/c1-17(2)18(3,4)25-19(24-17)14-9-13(10-20)16(22-11-14)23-12-15-7-5-6-8-21-15/h5-9,11H,12H2,1-4H3. The first-order valence-electron chi connectivity index (χ1n) is 8.11. The van der Waals surface area contributed by atoms with Crippen LogP contribution in [0.2, 0.25) is 0 Å². The zero-order valence-electron chi connectivity index (χ0n) is 14.8. The van der Waals surface area contributed by atoms with Crippen LogP contribution in [0.1, 0.15) is 39.0 Å². The van der Waals surface area contributed by atoms with E-state index in [4.69, 9.17) is 14.0 Å². The number of hydrogen-bond acceptors (Lipinski definition) is 6. The van der Waals surface area contributed by atoms with Gasteiger partial charge in [-0.1, -0.05) is 6.07 Å². The van der Waals surface area contributed by atoms with Gasteiger partial charge < -0.3 is 14.0 Å². The molecule has 0 atom stereocenters. The minimum Gasteiger partial charge on any atom is -0.470 e. The van der Waals surface area contributed by atoms with Crippen LogP contribution in [-0.4, -0.2) is 28.3 Å². The summed E-state index contributed by atoms with van der Waals surface area (Å²) >= 11 is 0. The third kappa shape index (κ3) is 3.50. The minimum absolute atomic E-state index is 0.248. The molecule has 7 heteroatoms. The molecule has 6 nitrogen and oxygen atoms in total. The number of nitriles is 1. The Morgan fingerprint density at radius 2 is 1.88 bits per heavy atom. The molecular weight excluding hydrogens is 317 g/mol. The predicted octanol–water partition coefficient (Wildman–Crippen LogP) is 2.23. The van der Waals surface area contributed by atoms with E-state index in [-0.39, 0.29) is 12.5 Å². The van der Waals surface area contributed by atoms with Crippen LogP contribution in [0.4, 0.5) is 0 Å². The van der Waals surface area contributed by atoms with Crippen LogP contribution >= 0.6 is 0 Å².